The van der Waals surface area contributed by atoms with Crippen LogP contribution in [0, 0.1) is 11.3 Å². The Morgan fingerprint density at radius 2 is 2.00 bits per heavy atom. The van der Waals surface area contributed by atoms with Gasteiger partial charge in [0.15, 0.2) is 5.69 Å². The van der Waals surface area contributed by atoms with Crippen LogP contribution in [0.3, 0.4) is 0 Å². The molecule has 0 spiro atoms. The summed E-state index contributed by atoms with van der Waals surface area (Å²) in [6.07, 6.45) is 4.62. The van der Waals surface area contributed by atoms with E-state index < -0.39 is 5.97 Å². The number of nitrogens with two attached hydrogens (primary N) is 1. The first kappa shape index (κ1) is 14.3. The minimum absolute atomic E-state index is 0.0852. The van der Waals surface area contributed by atoms with E-state index in [9.17, 15) is 4.79 Å². The Kier molecular flexibility index (Phi) is 3.52. The van der Waals surface area contributed by atoms with Gasteiger partial charge in [-0.3, -0.25) is 0 Å². The lowest BCUT2D eigenvalue weighted by Crippen LogP contribution is -2.11. The van der Waals surface area contributed by atoms with Crippen molar-refractivity contribution in [2.24, 2.45) is 0 Å². The molecule has 2 N–H and O–H groups in total. The molecule has 2 heterocycles. The summed E-state index contributed by atoms with van der Waals surface area (Å²) < 4.78 is 6.28. The summed E-state index contributed by atoms with van der Waals surface area (Å²) in [7, 11) is 1.26. The quantitative estimate of drug-likeness (QED) is 0.730. The lowest BCUT2D eigenvalue weighted by molar-refractivity contribution is 0.0593. The summed E-state index contributed by atoms with van der Waals surface area (Å²) in [6.45, 7) is 0. The second-order valence-electron chi connectivity index (χ2n) is 4.62. The van der Waals surface area contributed by atoms with E-state index >= 15 is 0 Å². The molecule has 8 nitrogen and oxygen atoms in total. The number of ether oxygens (including phenoxy) is 1. The number of carbonyl (C=O) groups excluding carboxylic acids is 1. The summed E-state index contributed by atoms with van der Waals surface area (Å²) in [6, 6.07) is 9.12. The molecule has 0 radical (unpaired) electrons. The largest absolute Gasteiger partial charge is 0.464 e. The van der Waals surface area contributed by atoms with Gasteiger partial charge in [0.25, 0.3) is 0 Å². The first-order valence-electron chi connectivity index (χ1n) is 6.62. The highest BCUT2D eigenvalue weighted by molar-refractivity contribution is 5.95. The summed E-state index contributed by atoms with van der Waals surface area (Å²) >= 11 is 0. The smallest absolute Gasteiger partial charge is 0.357 e. The number of carbonyl (C=O) groups is 1. The standard InChI is InChI=1S/C15H12N6O2/c1-23-15(22)14-13(17)10(8-16)9-20(14)11-3-2-4-12(7-11)21-18-5-6-19-21/h2-7,9H,17H2,1H3. The van der Waals surface area contributed by atoms with E-state index in [1.165, 1.54) is 22.7 Å². The number of esters is 1. The Labute approximate surface area is 131 Å². The zero-order valence-electron chi connectivity index (χ0n) is 12.2. The van der Waals surface area contributed by atoms with Gasteiger partial charge in [0.05, 0.1) is 36.4 Å². The molecule has 8 heteroatoms. The maximum Gasteiger partial charge on any atom is 0.357 e. The molecule has 23 heavy (non-hydrogen) atoms. The molecule has 0 fully saturated rings. The monoisotopic (exact) mass is 308 g/mol. The van der Waals surface area contributed by atoms with Crippen molar-refractivity contribution in [3.05, 3.63) is 54.1 Å². The third kappa shape index (κ3) is 2.40. The molecule has 1 aromatic carbocycles. The van der Waals surface area contributed by atoms with Crippen LogP contribution in [0.4, 0.5) is 5.69 Å². The molecule has 0 amide bonds. The molecule has 0 bridgehead atoms. The average Bonchev–Trinajstić information content (AvgIpc) is 3.22. The Bertz CT molecular complexity index is 905. The van der Waals surface area contributed by atoms with Crippen LogP contribution in [0.2, 0.25) is 0 Å². The van der Waals surface area contributed by atoms with Crippen LogP contribution in [-0.4, -0.2) is 32.6 Å². The van der Waals surface area contributed by atoms with Crippen LogP contribution >= 0.6 is 0 Å². The zero-order valence-corrected chi connectivity index (χ0v) is 12.2. The Morgan fingerprint density at radius 1 is 1.30 bits per heavy atom. The van der Waals surface area contributed by atoms with E-state index in [0.29, 0.717) is 11.4 Å². The predicted octanol–water partition coefficient (Wildman–Crippen LogP) is 1.30. The topological polar surface area (TPSA) is 112 Å². The lowest BCUT2D eigenvalue weighted by atomic mass is 10.2. The van der Waals surface area contributed by atoms with Crippen LogP contribution in [-0.2, 0) is 4.74 Å². The van der Waals surface area contributed by atoms with Gasteiger partial charge in [-0.1, -0.05) is 6.07 Å². The van der Waals surface area contributed by atoms with E-state index in [2.05, 4.69) is 10.2 Å². The predicted molar refractivity (Wildman–Crippen MR) is 81.2 cm³/mol. The number of benzene rings is 1. The Balaban J connectivity index is 2.18. The fraction of sp³-hybridized carbons (Fsp3) is 0.0667. The lowest BCUT2D eigenvalue weighted by Gasteiger charge is -2.09. The highest BCUT2D eigenvalue weighted by atomic mass is 16.5. The van der Waals surface area contributed by atoms with Gasteiger partial charge in [0.1, 0.15) is 6.07 Å². The van der Waals surface area contributed by atoms with Crippen LogP contribution < -0.4 is 5.73 Å². The number of nitrogens with zero attached hydrogens (tertiary/aromatic N) is 5. The third-order valence-electron chi connectivity index (χ3n) is 3.30. The van der Waals surface area contributed by atoms with Crippen molar-refractivity contribution in [1.82, 2.24) is 19.6 Å². The molecular weight excluding hydrogens is 296 g/mol. The Morgan fingerprint density at radius 3 is 2.65 bits per heavy atom. The van der Waals surface area contributed by atoms with Crippen LogP contribution in [0.5, 0.6) is 0 Å². The van der Waals surface area contributed by atoms with Crippen LogP contribution in [0.15, 0.2) is 42.9 Å². The molecule has 0 aliphatic carbocycles. The SMILES string of the molecule is COC(=O)c1c(N)c(C#N)cn1-c1cccc(-n2nccn2)c1. The molecular formula is C15H12N6O2. The van der Waals surface area contributed by atoms with Crippen molar-refractivity contribution in [2.45, 2.75) is 0 Å². The zero-order chi connectivity index (χ0) is 16.4. The van der Waals surface area contributed by atoms with Gasteiger partial charge >= 0.3 is 5.97 Å². The van der Waals surface area contributed by atoms with Gasteiger partial charge in [-0.15, -0.1) is 0 Å². The maximum absolute atomic E-state index is 12.0. The van der Waals surface area contributed by atoms with E-state index in [1.807, 2.05) is 12.1 Å². The van der Waals surface area contributed by atoms with Gasteiger partial charge in [-0.25, -0.2) is 4.79 Å². The molecule has 0 atom stereocenters. The van der Waals surface area contributed by atoms with E-state index in [-0.39, 0.29) is 16.9 Å². The molecule has 3 aromatic rings. The number of anilines is 1. The molecule has 0 saturated heterocycles. The molecule has 0 aliphatic rings. The van der Waals surface area contributed by atoms with Crippen molar-refractivity contribution < 1.29 is 9.53 Å². The number of hydrogen-bond acceptors (Lipinski definition) is 6. The van der Waals surface area contributed by atoms with Crippen LogP contribution in [0.1, 0.15) is 16.1 Å². The molecule has 114 valence electrons. The summed E-state index contributed by atoms with van der Waals surface area (Å²) in [4.78, 5) is 13.5. The third-order valence-corrected chi connectivity index (χ3v) is 3.30. The molecule has 3 rings (SSSR count). The number of nitrogen functional groups attached to an aromatic ring is 1. The van der Waals surface area contributed by atoms with Crippen molar-refractivity contribution in [3.63, 3.8) is 0 Å². The normalized spacial score (nSPS) is 10.3. The molecule has 0 saturated carbocycles. The maximum atomic E-state index is 12.0. The number of rotatable bonds is 3. The highest BCUT2D eigenvalue weighted by Crippen LogP contribution is 2.25. The van der Waals surface area contributed by atoms with Gasteiger partial charge in [0, 0.05) is 11.9 Å². The number of aromatic nitrogens is 4. The molecule has 0 unspecified atom stereocenters. The summed E-state index contributed by atoms with van der Waals surface area (Å²) in [5.74, 6) is -0.619. The number of methoxy groups -OCH3 is 1. The van der Waals surface area contributed by atoms with Gasteiger partial charge in [-0.2, -0.15) is 20.3 Å². The second kappa shape index (κ2) is 5.65. The summed E-state index contributed by atoms with van der Waals surface area (Å²) in [5.41, 5.74) is 7.62. The van der Waals surface area contributed by atoms with E-state index in [4.69, 9.17) is 15.7 Å². The average molecular weight is 308 g/mol. The van der Waals surface area contributed by atoms with Gasteiger partial charge < -0.3 is 15.0 Å². The summed E-state index contributed by atoms with van der Waals surface area (Å²) in [5, 5.41) is 17.3. The van der Waals surface area contributed by atoms with Gasteiger partial charge in [-0.05, 0) is 18.2 Å². The highest BCUT2D eigenvalue weighted by Gasteiger charge is 2.21. The Hall–Kier alpha value is -3.60. The van der Waals surface area contributed by atoms with Crippen molar-refractivity contribution >= 4 is 11.7 Å². The number of nitriles is 1. The molecule has 0 aliphatic heterocycles. The first-order chi connectivity index (χ1) is 11.2. The van der Waals surface area contributed by atoms with Crippen molar-refractivity contribution in [3.8, 4) is 17.4 Å². The second-order valence-corrected chi connectivity index (χ2v) is 4.62. The van der Waals surface area contributed by atoms with Crippen LogP contribution in [0.25, 0.3) is 11.4 Å². The fourth-order valence-corrected chi connectivity index (χ4v) is 2.23. The number of hydrogen-bond donors (Lipinski definition) is 1. The minimum Gasteiger partial charge on any atom is -0.464 e. The van der Waals surface area contributed by atoms with Crippen molar-refractivity contribution in [2.75, 3.05) is 12.8 Å². The van der Waals surface area contributed by atoms with Crippen molar-refractivity contribution in [1.29, 1.82) is 5.26 Å². The first-order valence-corrected chi connectivity index (χ1v) is 6.62. The fourth-order valence-electron chi connectivity index (χ4n) is 2.23. The minimum atomic E-state index is -0.619. The van der Waals surface area contributed by atoms with E-state index in [0.717, 1.165) is 0 Å². The molecule has 2 aromatic heterocycles. The van der Waals surface area contributed by atoms with E-state index in [1.54, 1.807) is 30.6 Å². The van der Waals surface area contributed by atoms with Gasteiger partial charge in [0.2, 0.25) is 0 Å².